The number of aromatic nitrogens is 2. The van der Waals surface area contributed by atoms with Crippen molar-refractivity contribution in [3.8, 4) is 11.5 Å². The SMILES string of the molecule is Cc1cc2ncnc(Nc3ccc(Oc4ccccc4)cc3)c2cc1[N+](=O)[O-]. The van der Waals surface area contributed by atoms with E-state index >= 15 is 0 Å². The first kappa shape index (κ1) is 17.4. The molecule has 0 fully saturated rings. The molecule has 7 heteroatoms. The molecule has 0 aliphatic heterocycles. The Bertz CT molecular complexity index is 1150. The fourth-order valence-electron chi connectivity index (χ4n) is 2.86. The zero-order valence-corrected chi connectivity index (χ0v) is 15.0. The number of ether oxygens (including phenoxy) is 1. The minimum atomic E-state index is -0.402. The molecule has 0 atom stereocenters. The fraction of sp³-hybridized carbons (Fsp3) is 0.0476. The van der Waals surface area contributed by atoms with Crippen LogP contribution in [0.5, 0.6) is 11.5 Å². The molecule has 1 N–H and O–H groups in total. The number of hydrogen-bond acceptors (Lipinski definition) is 6. The minimum absolute atomic E-state index is 0.0389. The molecule has 0 amide bonds. The third-order valence-corrected chi connectivity index (χ3v) is 4.25. The molecule has 0 saturated heterocycles. The number of nitrogens with zero attached hydrogens (tertiary/aromatic N) is 3. The Morgan fingerprint density at radius 2 is 1.68 bits per heavy atom. The summed E-state index contributed by atoms with van der Waals surface area (Å²) in [5.41, 5.74) is 2.02. The van der Waals surface area contributed by atoms with Crippen molar-refractivity contribution in [1.29, 1.82) is 0 Å². The molecule has 1 aromatic heterocycles. The van der Waals surface area contributed by atoms with Gasteiger partial charge >= 0.3 is 0 Å². The molecule has 3 aromatic carbocycles. The fourth-order valence-corrected chi connectivity index (χ4v) is 2.86. The molecule has 0 bridgehead atoms. The third kappa shape index (κ3) is 3.59. The van der Waals surface area contributed by atoms with Crippen molar-refractivity contribution in [3.05, 3.63) is 88.7 Å². The van der Waals surface area contributed by atoms with Gasteiger partial charge in [-0.15, -0.1) is 0 Å². The van der Waals surface area contributed by atoms with Crippen LogP contribution in [0, 0.1) is 17.0 Å². The maximum atomic E-state index is 11.3. The second kappa shape index (κ2) is 7.32. The molecule has 4 aromatic rings. The summed E-state index contributed by atoms with van der Waals surface area (Å²) in [6.45, 7) is 1.69. The van der Waals surface area contributed by atoms with Crippen LogP contribution >= 0.6 is 0 Å². The van der Waals surface area contributed by atoms with E-state index < -0.39 is 4.92 Å². The summed E-state index contributed by atoms with van der Waals surface area (Å²) < 4.78 is 5.78. The number of aryl methyl sites for hydroxylation is 1. The Hall–Kier alpha value is -4.00. The number of benzene rings is 3. The standard InChI is InChI=1S/C21H16N4O3/c1-14-11-19-18(12-20(14)25(26)27)21(23-13-22-19)24-15-7-9-17(10-8-15)28-16-5-3-2-4-6-16/h2-13H,1H3,(H,22,23,24). The van der Waals surface area contributed by atoms with E-state index in [9.17, 15) is 10.1 Å². The van der Waals surface area contributed by atoms with Crippen molar-refractivity contribution < 1.29 is 9.66 Å². The van der Waals surface area contributed by atoms with Gasteiger partial charge in [0.25, 0.3) is 5.69 Å². The first-order valence-electron chi connectivity index (χ1n) is 8.60. The van der Waals surface area contributed by atoms with Crippen LogP contribution < -0.4 is 10.1 Å². The van der Waals surface area contributed by atoms with Crippen LogP contribution in [0.15, 0.2) is 73.1 Å². The van der Waals surface area contributed by atoms with Gasteiger partial charge in [-0.05, 0) is 49.4 Å². The molecule has 1 heterocycles. The maximum absolute atomic E-state index is 11.3. The third-order valence-electron chi connectivity index (χ3n) is 4.25. The molecular weight excluding hydrogens is 356 g/mol. The summed E-state index contributed by atoms with van der Waals surface area (Å²) in [6, 6.07) is 20.1. The van der Waals surface area contributed by atoms with Gasteiger partial charge in [-0.25, -0.2) is 9.97 Å². The summed E-state index contributed by atoms with van der Waals surface area (Å²) in [5, 5.41) is 15.0. The number of fused-ring (bicyclic) bond motifs is 1. The van der Waals surface area contributed by atoms with Crippen molar-refractivity contribution in [1.82, 2.24) is 9.97 Å². The summed E-state index contributed by atoms with van der Waals surface area (Å²) in [5.74, 6) is 1.97. The summed E-state index contributed by atoms with van der Waals surface area (Å²) in [6.07, 6.45) is 1.43. The highest BCUT2D eigenvalue weighted by Gasteiger charge is 2.15. The average molecular weight is 372 g/mol. The lowest BCUT2D eigenvalue weighted by Gasteiger charge is -2.10. The summed E-state index contributed by atoms with van der Waals surface area (Å²) in [4.78, 5) is 19.3. The highest BCUT2D eigenvalue weighted by Crippen LogP contribution is 2.30. The minimum Gasteiger partial charge on any atom is -0.457 e. The van der Waals surface area contributed by atoms with Crippen LogP contribution in [0.2, 0.25) is 0 Å². The second-order valence-electron chi connectivity index (χ2n) is 6.20. The molecule has 0 saturated carbocycles. The average Bonchev–Trinajstić information content (AvgIpc) is 2.70. The van der Waals surface area contributed by atoms with E-state index in [1.54, 1.807) is 13.0 Å². The molecule has 0 spiro atoms. The zero-order valence-electron chi connectivity index (χ0n) is 15.0. The Kier molecular flexibility index (Phi) is 4.55. The van der Waals surface area contributed by atoms with Crippen molar-refractivity contribution in [3.63, 3.8) is 0 Å². The van der Waals surface area contributed by atoms with Crippen LogP contribution in [0.1, 0.15) is 5.56 Å². The molecule has 7 nitrogen and oxygen atoms in total. The van der Waals surface area contributed by atoms with E-state index in [2.05, 4.69) is 15.3 Å². The van der Waals surface area contributed by atoms with E-state index in [0.29, 0.717) is 28.0 Å². The smallest absolute Gasteiger partial charge is 0.273 e. The van der Waals surface area contributed by atoms with Gasteiger partial charge < -0.3 is 10.1 Å². The number of para-hydroxylation sites is 1. The molecule has 0 aliphatic carbocycles. The monoisotopic (exact) mass is 372 g/mol. The van der Waals surface area contributed by atoms with Crippen LogP contribution in [0.4, 0.5) is 17.2 Å². The van der Waals surface area contributed by atoms with E-state index in [4.69, 9.17) is 4.74 Å². The largest absolute Gasteiger partial charge is 0.457 e. The topological polar surface area (TPSA) is 90.2 Å². The lowest BCUT2D eigenvalue weighted by molar-refractivity contribution is -0.385. The first-order valence-corrected chi connectivity index (χ1v) is 8.60. The van der Waals surface area contributed by atoms with Gasteiger partial charge in [0.05, 0.1) is 10.4 Å². The van der Waals surface area contributed by atoms with Crippen molar-refractivity contribution in [2.45, 2.75) is 6.92 Å². The van der Waals surface area contributed by atoms with Gasteiger partial charge in [-0.1, -0.05) is 18.2 Å². The van der Waals surface area contributed by atoms with Gasteiger partial charge in [0.15, 0.2) is 0 Å². The van der Waals surface area contributed by atoms with E-state index in [1.807, 2.05) is 54.6 Å². The van der Waals surface area contributed by atoms with Gasteiger partial charge in [-0.3, -0.25) is 10.1 Å². The number of rotatable bonds is 5. The Balaban J connectivity index is 1.61. The van der Waals surface area contributed by atoms with Gasteiger partial charge in [0, 0.05) is 22.7 Å². The number of nitro benzene ring substituents is 1. The molecule has 0 radical (unpaired) electrons. The molecule has 28 heavy (non-hydrogen) atoms. The Labute approximate surface area is 160 Å². The number of nitrogens with one attached hydrogen (secondary N) is 1. The predicted molar refractivity (Wildman–Crippen MR) is 107 cm³/mol. The number of anilines is 2. The summed E-state index contributed by atoms with van der Waals surface area (Å²) in [7, 11) is 0. The van der Waals surface area contributed by atoms with Crippen molar-refractivity contribution in [2.24, 2.45) is 0 Å². The second-order valence-corrected chi connectivity index (χ2v) is 6.20. The lowest BCUT2D eigenvalue weighted by atomic mass is 10.1. The highest BCUT2D eigenvalue weighted by atomic mass is 16.6. The predicted octanol–water partition coefficient (Wildman–Crippen LogP) is 5.38. The lowest BCUT2D eigenvalue weighted by Crippen LogP contribution is -1.98. The molecule has 0 unspecified atom stereocenters. The van der Waals surface area contributed by atoms with Crippen molar-refractivity contribution in [2.75, 3.05) is 5.32 Å². The first-order chi connectivity index (χ1) is 13.6. The van der Waals surface area contributed by atoms with Crippen LogP contribution in [0.25, 0.3) is 10.9 Å². The van der Waals surface area contributed by atoms with Gasteiger partial charge in [0.2, 0.25) is 0 Å². The Morgan fingerprint density at radius 3 is 2.39 bits per heavy atom. The van der Waals surface area contributed by atoms with Crippen molar-refractivity contribution >= 4 is 28.1 Å². The number of hydrogen-bond donors (Lipinski definition) is 1. The zero-order chi connectivity index (χ0) is 19.5. The normalized spacial score (nSPS) is 10.6. The summed E-state index contributed by atoms with van der Waals surface area (Å²) >= 11 is 0. The molecule has 4 rings (SSSR count). The molecular formula is C21H16N4O3. The van der Waals surface area contributed by atoms with Crippen LogP contribution in [-0.2, 0) is 0 Å². The van der Waals surface area contributed by atoms with E-state index in [0.717, 1.165) is 11.4 Å². The highest BCUT2D eigenvalue weighted by molar-refractivity contribution is 5.93. The molecule has 138 valence electrons. The maximum Gasteiger partial charge on any atom is 0.273 e. The van der Waals surface area contributed by atoms with Crippen LogP contribution in [0.3, 0.4) is 0 Å². The number of nitro groups is 1. The molecule has 0 aliphatic rings. The Morgan fingerprint density at radius 1 is 0.964 bits per heavy atom. The van der Waals surface area contributed by atoms with E-state index in [1.165, 1.54) is 12.4 Å². The van der Waals surface area contributed by atoms with Gasteiger partial charge in [0.1, 0.15) is 23.6 Å². The van der Waals surface area contributed by atoms with Gasteiger partial charge in [-0.2, -0.15) is 0 Å². The quantitative estimate of drug-likeness (QED) is 0.373. The van der Waals surface area contributed by atoms with Crippen LogP contribution in [-0.4, -0.2) is 14.9 Å². The van der Waals surface area contributed by atoms with E-state index in [-0.39, 0.29) is 5.69 Å².